The van der Waals surface area contributed by atoms with E-state index < -0.39 is 5.60 Å². The first kappa shape index (κ1) is 25.2. The molecule has 0 fully saturated rings. The number of halogens is 1. The Kier molecular flexibility index (Phi) is 11.0. The molecule has 164 valence electrons. The zero-order valence-corrected chi connectivity index (χ0v) is 19.0. The van der Waals surface area contributed by atoms with E-state index in [2.05, 4.69) is 15.5 Å². The summed E-state index contributed by atoms with van der Waals surface area (Å²) >= 11 is 5.77. The smallest absolute Gasteiger partial charge is 0.407 e. The number of carbonyl (C=O) groups excluding carboxylic acids is 2. The van der Waals surface area contributed by atoms with Crippen LogP contribution in [0.25, 0.3) is 0 Å². The van der Waals surface area contributed by atoms with Crippen molar-refractivity contribution in [2.24, 2.45) is 0 Å². The van der Waals surface area contributed by atoms with E-state index in [0.29, 0.717) is 19.0 Å². The molecule has 0 saturated carbocycles. The summed E-state index contributed by atoms with van der Waals surface area (Å²) in [4.78, 5) is 27.1. The lowest BCUT2D eigenvalue weighted by Gasteiger charge is -2.21. The lowest BCUT2D eigenvalue weighted by Crippen LogP contribution is -2.38. The van der Waals surface area contributed by atoms with E-state index in [4.69, 9.17) is 16.3 Å². The van der Waals surface area contributed by atoms with Crippen LogP contribution in [0.15, 0.2) is 24.3 Å². The molecule has 1 aromatic rings. The summed E-state index contributed by atoms with van der Waals surface area (Å²) in [6.45, 7) is 11.3. The van der Waals surface area contributed by atoms with Gasteiger partial charge >= 0.3 is 6.09 Å². The fourth-order valence-electron chi connectivity index (χ4n) is 2.62. The zero-order valence-electron chi connectivity index (χ0n) is 18.3. The highest BCUT2D eigenvalue weighted by molar-refractivity contribution is 6.18. The maximum atomic E-state index is 11.7. The van der Waals surface area contributed by atoms with Crippen LogP contribution in [0.3, 0.4) is 0 Å². The van der Waals surface area contributed by atoms with Crippen molar-refractivity contribution in [3.8, 4) is 0 Å². The third-order valence-electron chi connectivity index (χ3n) is 4.10. The molecule has 7 nitrogen and oxygen atoms in total. The Morgan fingerprint density at radius 3 is 2.24 bits per heavy atom. The van der Waals surface area contributed by atoms with E-state index in [-0.39, 0.29) is 12.0 Å². The first-order valence-corrected chi connectivity index (χ1v) is 10.4. The maximum absolute atomic E-state index is 11.7. The molecule has 0 aromatic heterocycles. The van der Waals surface area contributed by atoms with Crippen molar-refractivity contribution in [3.63, 3.8) is 0 Å². The number of hydrogen-bond donors (Lipinski definition) is 2. The number of amides is 2. The molecule has 0 bridgehead atoms. The molecule has 0 atom stereocenters. The average Bonchev–Trinajstić information content (AvgIpc) is 2.62. The van der Waals surface area contributed by atoms with Crippen LogP contribution in [0, 0.1) is 0 Å². The molecule has 0 unspecified atom stereocenters. The Morgan fingerprint density at radius 1 is 1.07 bits per heavy atom. The zero-order chi connectivity index (χ0) is 21.9. The van der Waals surface area contributed by atoms with Gasteiger partial charge in [-0.3, -0.25) is 4.79 Å². The predicted octanol–water partition coefficient (Wildman–Crippen LogP) is 2.82. The molecule has 1 aromatic carbocycles. The molecule has 0 radical (unpaired) electrons. The summed E-state index contributed by atoms with van der Waals surface area (Å²) in [5, 5.41) is 6.16. The van der Waals surface area contributed by atoms with Crippen molar-refractivity contribution in [1.29, 1.82) is 0 Å². The van der Waals surface area contributed by atoms with Gasteiger partial charge in [-0.05, 0) is 45.5 Å². The van der Waals surface area contributed by atoms with Crippen LogP contribution in [-0.4, -0.2) is 68.2 Å². The molecule has 0 saturated heterocycles. The minimum Gasteiger partial charge on any atom is -0.444 e. The van der Waals surface area contributed by atoms with Crippen LogP contribution in [0.1, 0.15) is 33.3 Å². The Hall–Kier alpha value is -1.83. The lowest BCUT2D eigenvalue weighted by molar-refractivity contribution is -0.116. The number of alkyl carbamates (subject to hydrolysis) is 1. The number of nitrogens with zero attached hydrogens (tertiary/aromatic N) is 2. The lowest BCUT2D eigenvalue weighted by atomic mass is 10.2. The van der Waals surface area contributed by atoms with Gasteiger partial charge in [0.05, 0.1) is 0 Å². The van der Waals surface area contributed by atoms with Crippen molar-refractivity contribution < 1.29 is 14.3 Å². The maximum Gasteiger partial charge on any atom is 0.407 e. The molecular formula is C21H35ClN4O3. The van der Waals surface area contributed by atoms with E-state index in [0.717, 1.165) is 37.4 Å². The second-order valence-corrected chi connectivity index (χ2v) is 8.31. The highest BCUT2D eigenvalue weighted by atomic mass is 35.5. The fraction of sp³-hybridized carbons (Fsp3) is 0.619. The van der Waals surface area contributed by atoms with Gasteiger partial charge in [0, 0.05) is 57.8 Å². The summed E-state index contributed by atoms with van der Waals surface area (Å²) < 4.78 is 5.21. The summed E-state index contributed by atoms with van der Waals surface area (Å²) in [7, 11) is 2.01. The Bertz CT molecular complexity index is 632. The number of nitrogens with one attached hydrogen (secondary N) is 2. The van der Waals surface area contributed by atoms with Crippen molar-refractivity contribution in [3.05, 3.63) is 29.8 Å². The van der Waals surface area contributed by atoms with Gasteiger partial charge in [0.1, 0.15) is 5.60 Å². The molecule has 2 amide bonds. The quantitative estimate of drug-likeness (QED) is 0.420. The molecule has 0 aliphatic heterocycles. The number of alkyl halides is 1. The molecule has 0 aliphatic rings. The third-order valence-corrected chi connectivity index (χ3v) is 4.27. The predicted molar refractivity (Wildman–Crippen MR) is 119 cm³/mol. The molecule has 29 heavy (non-hydrogen) atoms. The van der Waals surface area contributed by atoms with Gasteiger partial charge in [-0.15, -0.1) is 11.6 Å². The molecule has 0 aliphatic carbocycles. The first-order chi connectivity index (χ1) is 13.6. The minimum atomic E-state index is -0.480. The molecular weight excluding hydrogens is 392 g/mol. The van der Waals surface area contributed by atoms with Gasteiger partial charge in [-0.1, -0.05) is 12.1 Å². The number of anilines is 1. The summed E-state index contributed by atoms with van der Waals surface area (Å²) in [5.41, 5.74) is 1.53. The summed E-state index contributed by atoms with van der Waals surface area (Å²) in [6, 6.07) is 7.92. The van der Waals surface area contributed by atoms with E-state index in [9.17, 15) is 9.59 Å². The van der Waals surface area contributed by atoms with Crippen LogP contribution < -0.4 is 15.5 Å². The van der Waals surface area contributed by atoms with Gasteiger partial charge in [-0.25, -0.2) is 4.79 Å². The van der Waals surface area contributed by atoms with Crippen molar-refractivity contribution in [2.45, 2.75) is 39.8 Å². The number of ether oxygens (including phenoxy) is 1. The normalized spacial score (nSPS) is 11.4. The summed E-state index contributed by atoms with van der Waals surface area (Å²) in [5.74, 6) is 0.393. The second-order valence-electron chi connectivity index (χ2n) is 7.93. The average molecular weight is 427 g/mol. The van der Waals surface area contributed by atoms with E-state index in [1.807, 2.05) is 52.1 Å². The SMILES string of the molecule is CC(=O)N(CCCl)c1ccc(CNCCN(C)CCNC(=O)OC(C)(C)C)cc1. The van der Waals surface area contributed by atoms with Gasteiger partial charge < -0.3 is 25.2 Å². The van der Waals surface area contributed by atoms with Crippen LogP contribution in [0.4, 0.5) is 10.5 Å². The highest BCUT2D eigenvalue weighted by Gasteiger charge is 2.15. The molecule has 8 heteroatoms. The van der Waals surface area contributed by atoms with Crippen molar-refractivity contribution >= 4 is 29.3 Å². The molecule has 0 heterocycles. The minimum absolute atomic E-state index is 0.0132. The van der Waals surface area contributed by atoms with Gasteiger partial charge in [0.2, 0.25) is 5.91 Å². The summed E-state index contributed by atoms with van der Waals surface area (Å²) in [6.07, 6.45) is -0.387. The van der Waals surface area contributed by atoms with E-state index >= 15 is 0 Å². The molecule has 2 N–H and O–H groups in total. The number of rotatable bonds is 11. The van der Waals surface area contributed by atoms with Crippen LogP contribution in [-0.2, 0) is 16.1 Å². The topological polar surface area (TPSA) is 73.9 Å². The highest BCUT2D eigenvalue weighted by Crippen LogP contribution is 2.15. The third kappa shape index (κ3) is 11.1. The Balaban J connectivity index is 2.25. The van der Waals surface area contributed by atoms with Crippen molar-refractivity contribution in [2.75, 3.05) is 50.6 Å². The van der Waals surface area contributed by atoms with Gasteiger partial charge in [0.15, 0.2) is 0 Å². The first-order valence-electron chi connectivity index (χ1n) is 9.91. The van der Waals surface area contributed by atoms with Crippen LogP contribution in [0.5, 0.6) is 0 Å². The molecule has 0 spiro atoms. The van der Waals surface area contributed by atoms with E-state index in [1.165, 1.54) is 0 Å². The van der Waals surface area contributed by atoms with Crippen LogP contribution >= 0.6 is 11.6 Å². The second kappa shape index (κ2) is 12.7. The van der Waals surface area contributed by atoms with Crippen molar-refractivity contribution in [1.82, 2.24) is 15.5 Å². The van der Waals surface area contributed by atoms with Gasteiger partial charge in [-0.2, -0.15) is 0 Å². The number of benzene rings is 1. The molecule has 1 rings (SSSR count). The Labute approximate surface area is 179 Å². The standard InChI is InChI=1S/C21H35ClN4O3/c1-17(27)26(13-10-22)19-8-6-18(7-9-19)16-23-11-14-25(5)15-12-24-20(28)29-21(2,3)4/h6-9,23H,10-16H2,1-5H3,(H,24,28). The van der Waals surface area contributed by atoms with Crippen LogP contribution in [0.2, 0.25) is 0 Å². The Morgan fingerprint density at radius 2 is 1.69 bits per heavy atom. The number of carbonyl (C=O) groups is 2. The largest absolute Gasteiger partial charge is 0.444 e. The van der Waals surface area contributed by atoms with Gasteiger partial charge in [0.25, 0.3) is 0 Å². The fourth-order valence-corrected chi connectivity index (χ4v) is 2.79. The number of likely N-dealkylation sites (N-methyl/N-ethyl adjacent to an activating group) is 1. The number of hydrogen-bond acceptors (Lipinski definition) is 5. The monoisotopic (exact) mass is 426 g/mol. The van der Waals surface area contributed by atoms with E-state index in [1.54, 1.807) is 11.8 Å².